The summed E-state index contributed by atoms with van der Waals surface area (Å²) in [4.78, 5) is 32.8. The predicted molar refractivity (Wildman–Crippen MR) is 103 cm³/mol. The van der Waals surface area contributed by atoms with Gasteiger partial charge in [0, 0.05) is 65.4 Å². The molecule has 0 atom stereocenters. The molecule has 160 valence electrons. The van der Waals surface area contributed by atoms with E-state index in [-0.39, 0.29) is 11.8 Å². The van der Waals surface area contributed by atoms with Crippen molar-refractivity contribution in [1.29, 1.82) is 0 Å². The van der Waals surface area contributed by atoms with Gasteiger partial charge in [-0.1, -0.05) is 0 Å². The fraction of sp³-hybridized carbons (Fsp3) is 0.882. The molecule has 0 saturated carbocycles. The van der Waals surface area contributed by atoms with Crippen LogP contribution in [0, 0.1) is 0 Å². The van der Waals surface area contributed by atoms with Gasteiger partial charge in [0.15, 0.2) is 0 Å². The van der Waals surface area contributed by atoms with E-state index in [1.165, 1.54) is 10.6 Å². The van der Waals surface area contributed by atoms with Crippen molar-refractivity contribution in [1.82, 2.24) is 23.9 Å². The van der Waals surface area contributed by atoms with Crippen molar-refractivity contribution < 1.29 is 22.7 Å². The number of piperazine rings is 2. The summed E-state index contributed by atoms with van der Waals surface area (Å²) < 4.78 is 29.8. The van der Waals surface area contributed by atoms with Crippen molar-refractivity contribution in [3.8, 4) is 0 Å². The highest BCUT2D eigenvalue weighted by molar-refractivity contribution is 7.88. The third-order valence-corrected chi connectivity index (χ3v) is 6.91. The molecule has 3 fully saturated rings. The summed E-state index contributed by atoms with van der Waals surface area (Å²) in [6.07, 6.45) is 1.20. The van der Waals surface area contributed by atoms with Crippen molar-refractivity contribution in [3.63, 3.8) is 0 Å². The first-order valence-electron chi connectivity index (χ1n) is 9.86. The van der Waals surface area contributed by atoms with Crippen molar-refractivity contribution in [2.45, 2.75) is 0 Å². The zero-order valence-electron chi connectivity index (χ0n) is 16.6. The van der Waals surface area contributed by atoms with Crippen molar-refractivity contribution in [2.75, 3.05) is 98.0 Å². The first kappa shape index (κ1) is 21.4. The lowest BCUT2D eigenvalue weighted by Gasteiger charge is -2.38. The second-order valence-corrected chi connectivity index (χ2v) is 9.57. The molecule has 0 bridgehead atoms. The molecule has 0 aliphatic carbocycles. The van der Waals surface area contributed by atoms with Gasteiger partial charge in [-0.05, 0) is 0 Å². The van der Waals surface area contributed by atoms with Crippen LogP contribution in [-0.2, 0) is 24.3 Å². The van der Waals surface area contributed by atoms with Gasteiger partial charge in [-0.25, -0.2) is 8.42 Å². The van der Waals surface area contributed by atoms with Gasteiger partial charge in [0.05, 0.1) is 32.6 Å². The van der Waals surface area contributed by atoms with E-state index in [1.54, 1.807) is 4.90 Å². The number of ether oxygens (including phenoxy) is 1. The van der Waals surface area contributed by atoms with Crippen LogP contribution in [0.5, 0.6) is 0 Å². The summed E-state index contributed by atoms with van der Waals surface area (Å²) >= 11 is 0. The molecule has 0 spiro atoms. The summed E-state index contributed by atoms with van der Waals surface area (Å²) in [6, 6.07) is 0. The van der Waals surface area contributed by atoms with Crippen molar-refractivity contribution >= 4 is 21.8 Å². The van der Waals surface area contributed by atoms with E-state index < -0.39 is 10.0 Å². The normalized spacial score (nSPS) is 23.8. The molecule has 0 aromatic rings. The fourth-order valence-corrected chi connectivity index (χ4v) is 4.59. The SMILES string of the molecule is CS(=O)(=O)N1CCN(C(=O)CN2CCN(C(=O)CN3CCOCC3)CC2)CC1. The van der Waals surface area contributed by atoms with Crippen LogP contribution in [0.15, 0.2) is 0 Å². The van der Waals surface area contributed by atoms with Gasteiger partial charge >= 0.3 is 0 Å². The lowest BCUT2D eigenvalue weighted by atomic mass is 10.2. The zero-order chi connectivity index (χ0) is 20.1. The van der Waals surface area contributed by atoms with Crippen LogP contribution in [-0.4, -0.2) is 142 Å². The highest BCUT2D eigenvalue weighted by Gasteiger charge is 2.28. The number of hydrogen-bond donors (Lipinski definition) is 0. The Kier molecular flexibility index (Phi) is 7.26. The number of carbonyl (C=O) groups excluding carboxylic acids is 2. The highest BCUT2D eigenvalue weighted by atomic mass is 32.2. The van der Waals surface area contributed by atoms with Crippen molar-refractivity contribution in [2.24, 2.45) is 0 Å². The molecule has 0 radical (unpaired) electrons. The van der Waals surface area contributed by atoms with Gasteiger partial charge in [-0.15, -0.1) is 0 Å². The summed E-state index contributed by atoms with van der Waals surface area (Å²) in [5.74, 6) is 0.172. The quantitative estimate of drug-likeness (QED) is 0.491. The topological polar surface area (TPSA) is 93.7 Å². The Bertz CT molecular complexity index is 651. The molecule has 11 heteroatoms. The van der Waals surface area contributed by atoms with E-state index in [9.17, 15) is 18.0 Å². The molecule has 10 nitrogen and oxygen atoms in total. The number of morpholine rings is 1. The van der Waals surface area contributed by atoms with E-state index in [4.69, 9.17) is 4.74 Å². The average molecular weight is 418 g/mol. The molecule has 0 aromatic heterocycles. The zero-order valence-corrected chi connectivity index (χ0v) is 17.4. The third-order valence-electron chi connectivity index (χ3n) is 5.61. The van der Waals surface area contributed by atoms with Crippen LogP contribution in [0.2, 0.25) is 0 Å². The molecule has 0 N–H and O–H groups in total. The van der Waals surface area contributed by atoms with Crippen LogP contribution in [0.1, 0.15) is 0 Å². The Morgan fingerprint density at radius 3 is 1.61 bits per heavy atom. The number of amides is 2. The van der Waals surface area contributed by atoms with Crippen LogP contribution < -0.4 is 0 Å². The maximum absolute atomic E-state index is 12.5. The molecule has 0 unspecified atom stereocenters. The second-order valence-electron chi connectivity index (χ2n) is 7.59. The first-order chi connectivity index (χ1) is 13.3. The highest BCUT2D eigenvalue weighted by Crippen LogP contribution is 2.09. The fourth-order valence-electron chi connectivity index (χ4n) is 3.77. The average Bonchev–Trinajstić information content (AvgIpc) is 2.68. The van der Waals surface area contributed by atoms with Gasteiger partial charge < -0.3 is 14.5 Å². The Labute approximate surface area is 167 Å². The number of hydrogen-bond acceptors (Lipinski definition) is 7. The van der Waals surface area contributed by atoms with Gasteiger partial charge in [0.1, 0.15) is 0 Å². The standard InChI is InChI=1S/C17H31N5O5S/c1-28(25,26)22-8-6-21(7-9-22)16(23)14-18-2-4-20(5-3-18)17(24)15-19-10-12-27-13-11-19/h2-15H2,1H3. The van der Waals surface area contributed by atoms with Crippen LogP contribution >= 0.6 is 0 Å². The Morgan fingerprint density at radius 2 is 1.14 bits per heavy atom. The monoisotopic (exact) mass is 417 g/mol. The summed E-state index contributed by atoms with van der Waals surface area (Å²) in [5, 5.41) is 0. The Balaban J connectivity index is 1.37. The van der Waals surface area contributed by atoms with Gasteiger partial charge in [0.2, 0.25) is 21.8 Å². The van der Waals surface area contributed by atoms with Crippen molar-refractivity contribution in [3.05, 3.63) is 0 Å². The van der Waals surface area contributed by atoms with E-state index in [1.807, 2.05) is 4.90 Å². The van der Waals surface area contributed by atoms with Crippen LogP contribution in [0.3, 0.4) is 0 Å². The largest absolute Gasteiger partial charge is 0.379 e. The van der Waals surface area contributed by atoms with Gasteiger partial charge in [0.25, 0.3) is 0 Å². The minimum atomic E-state index is -3.19. The minimum Gasteiger partial charge on any atom is -0.379 e. The molecular weight excluding hydrogens is 386 g/mol. The molecule has 2 amide bonds. The van der Waals surface area contributed by atoms with E-state index in [0.29, 0.717) is 78.7 Å². The minimum absolute atomic E-state index is 0.0289. The van der Waals surface area contributed by atoms with E-state index in [2.05, 4.69) is 9.80 Å². The lowest BCUT2D eigenvalue weighted by molar-refractivity contribution is -0.137. The Morgan fingerprint density at radius 1 is 0.714 bits per heavy atom. The number of nitrogens with zero attached hydrogens (tertiary/aromatic N) is 5. The van der Waals surface area contributed by atoms with Gasteiger partial charge in [-0.3, -0.25) is 19.4 Å². The summed E-state index contributed by atoms with van der Waals surface area (Å²) in [7, 11) is -3.19. The molecule has 3 rings (SSSR count). The molecule has 3 aliphatic heterocycles. The van der Waals surface area contributed by atoms with Crippen LogP contribution in [0.4, 0.5) is 0 Å². The number of sulfonamides is 1. The molecule has 3 aliphatic rings. The first-order valence-corrected chi connectivity index (χ1v) is 11.7. The number of rotatable bonds is 5. The third kappa shape index (κ3) is 5.86. The molecular formula is C17H31N5O5S. The number of carbonyl (C=O) groups is 2. The maximum Gasteiger partial charge on any atom is 0.236 e. The second kappa shape index (κ2) is 9.49. The molecule has 28 heavy (non-hydrogen) atoms. The Hall–Kier alpha value is -1.27. The lowest BCUT2D eigenvalue weighted by Crippen LogP contribution is -2.55. The predicted octanol–water partition coefficient (Wildman–Crippen LogP) is -2.43. The smallest absolute Gasteiger partial charge is 0.236 e. The maximum atomic E-state index is 12.5. The summed E-state index contributed by atoms with van der Waals surface area (Å²) in [6.45, 7) is 7.95. The molecule has 3 heterocycles. The molecule has 0 aromatic carbocycles. The van der Waals surface area contributed by atoms with Gasteiger partial charge in [-0.2, -0.15) is 4.31 Å². The van der Waals surface area contributed by atoms with E-state index in [0.717, 1.165) is 13.1 Å². The summed E-state index contributed by atoms with van der Waals surface area (Å²) in [5.41, 5.74) is 0. The molecule has 3 saturated heterocycles. The van der Waals surface area contributed by atoms with Crippen LogP contribution in [0.25, 0.3) is 0 Å². The van der Waals surface area contributed by atoms with E-state index >= 15 is 0 Å².